The molecule has 4 nitrogen and oxygen atoms in total. The number of Topliss-reactive ketones (excluding diaryl/α,β-unsaturated/α-hetero) is 1. The standard InChI is InChI=1S/C24H48O4/c1-2-3-4-5-6-7-8-9-10-11-12-13-14-15-16-17-18-20-23(25)21-19-22-24(26,27)28/h26-28H,2-22H2,1H3. The van der Waals surface area contributed by atoms with Gasteiger partial charge in [-0.1, -0.05) is 110 Å². The molecule has 0 unspecified atom stereocenters. The fourth-order valence-corrected chi connectivity index (χ4v) is 3.69. The third kappa shape index (κ3) is 23.6. The van der Waals surface area contributed by atoms with Gasteiger partial charge in [0.05, 0.1) is 0 Å². The second-order valence-corrected chi connectivity index (χ2v) is 8.57. The van der Waals surface area contributed by atoms with E-state index in [0.29, 0.717) is 19.3 Å². The van der Waals surface area contributed by atoms with Gasteiger partial charge in [0.2, 0.25) is 0 Å². The van der Waals surface area contributed by atoms with E-state index in [1.807, 2.05) is 0 Å². The van der Waals surface area contributed by atoms with Crippen molar-refractivity contribution in [1.29, 1.82) is 0 Å². The molecule has 0 spiro atoms. The molecule has 4 heteroatoms. The maximum absolute atomic E-state index is 11.6. The summed E-state index contributed by atoms with van der Waals surface area (Å²) in [6, 6.07) is 0. The fraction of sp³-hybridized carbons (Fsp3) is 0.958. The topological polar surface area (TPSA) is 77.8 Å². The molecule has 28 heavy (non-hydrogen) atoms. The minimum absolute atomic E-state index is 0.158. The number of unbranched alkanes of at least 4 members (excludes halogenated alkanes) is 16. The Morgan fingerprint density at radius 1 is 0.536 bits per heavy atom. The molecule has 0 fully saturated rings. The maximum atomic E-state index is 11.6. The predicted molar refractivity (Wildman–Crippen MR) is 117 cm³/mol. The van der Waals surface area contributed by atoms with Crippen molar-refractivity contribution in [2.75, 3.05) is 0 Å². The van der Waals surface area contributed by atoms with E-state index in [1.165, 1.54) is 96.3 Å². The number of carbonyl (C=O) groups excluding carboxylic acids is 1. The second-order valence-electron chi connectivity index (χ2n) is 8.57. The molecule has 0 aliphatic carbocycles. The lowest BCUT2D eigenvalue weighted by molar-refractivity contribution is -0.314. The van der Waals surface area contributed by atoms with Gasteiger partial charge in [-0.05, 0) is 12.8 Å². The van der Waals surface area contributed by atoms with Crippen molar-refractivity contribution < 1.29 is 20.1 Å². The average molecular weight is 401 g/mol. The predicted octanol–water partition coefficient (Wildman–Crippen LogP) is 6.40. The molecule has 0 heterocycles. The highest BCUT2D eigenvalue weighted by Gasteiger charge is 2.17. The summed E-state index contributed by atoms with van der Waals surface area (Å²) < 4.78 is 0. The normalized spacial score (nSPS) is 11.9. The zero-order chi connectivity index (χ0) is 20.9. The van der Waals surface area contributed by atoms with E-state index in [-0.39, 0.29) is 12.2 Å². The smallest absolute Gasteiger partial charge is 0.275 e. The Hall–Kier alpha value is -0.450. The average Bonchev–Trinajstić information content (AvgIpc) is 2.63. The van der Waals surface area contributed by atoms with Crippen LogP contribution < -0.4 is 0 Å². The van der Waals surface area contributed by atoms with Crippen LogP contribution in [-0.4, -0.2) is 27.1 Å². The fourth-order valence-electron chi connectivity index (χ4n) is 3.69. The first kappa shape index (κ1) is 27.5. The van der Waals surface area contributed by atoms with Crippen molar-refractivity contribution in [2.24, 2.45) is 0 Å². The van der Waals surface area contributed by atoms with E-state index in [1.54, 1.807) is 0 Å². The number of hydrogen-bond donors (Lipinski definition) is 3. The minimum Gasteiger partial charge on any atom is -0.344 e. The summed E-state index contributed by atoms with van der Waals surface area (Å²) in [7, 11) is 0. The lowest BCUT2D eigenvalue weighted by atomic mass is 10.0. The summed E-state index contributed by atoms with van der Waals surface area (Å²) in [5, 5.41) is 26.3. The zero-order valence-electron chi connectivity index (χ0n) is 18.6. The second kappa shape index (κ2) is 19.8. The number of rotatable bonds is 22. The highest BCUT2D eigenvalue weighted by molar-refractivity contribution is 5.78. The Balaban J connectivity index is 3.15. The molecule has 0 aliphatic heterocycles. The van der Waals surface area contributed by atoms with Crippen LogP contribution in [0.5, 0.6) is 0 Å². The van der Waals surface area contributed by atoms with Crippen LogP contribution in [0.15, 0.2) is 0 Å². The Bertz CT molecular complexity index is 336. The minimum atomic E-state index is -2.63. The van der Waals surface area contributed by atoms with Gasteiger partial charge in [0.25, 0.3) is 5.97 Å². The van der Waals surface area contributed by atoms with Gasteiger partial charge < -0.3 is 15.3 Å². The maximum Gasteiger partial charge on any atom is 0.275 e. The van der Waals surface area contributed by atoms with Crippen LogP contribution in [-0.2, 0) is 4.79 Å². The first-order valence-electron chi connectivity index (χ1n) is 12.1. The molecule has 168 valence electrons. The van der Waals surface area contributed by atoms with E-state index in [0.717, 1.165) is 12.8 Å². The summed E-state index contributed by atoms with van der Waals surface area (Å²) >= 11 is 0. The van der Waals surface area contributed by atoms with Crippen LogP contribution in [0.1, 0.15) is 142 Å². The van der Waals surface area contributed by atoms with Crippen molar-refractivity contribution in [3.8, 4) is 0 Å². The summed E-state index contributed by atoms with van der Waals surface area (Å²) in [6.07, 6.45) is 23.7. The molecule has 0 aliphatic rings. The SMILES string of the molecule is CCCCCCCCCCCCCCCCCCCC(=O)CCCC(O)(O)O. The number of aliphatic hydroxyl groups is 3. The number of carbonyl (C=O) groups is 1. The van der Waals surface area contributed by atoms with Crippen molar-refractivity contribution in [3.05, 3.63) is 0 Å². The largest absolute Gasteiger partial charge is 0.344 e. The highest BCUT2D eigenvalue weighted by Crippen LogP contribution is 2.15. The van der Waals surface area contributed by atoms with Crippen LogP contribution in [0.25, 0.3) is 0 Å². The van der Waals surface area contributed by atoms with Gasteiger partial charge in [0.1, 0.15) is 5.78 Å². The highest BCUT2D eigenvalue weighted by atomic mass is 16.7. The molecular formula is C24H48O4. The number of hydrogen-bond acceptors (Lipinski definition) is 4. The van der Waals surface area contributed by atoms with E-state index in [9.17, 15) is 4.79 Å². The number of ketones is 1. The lowest BCUT2D eigenvalue weighted by Gasteiger charge is -2.12. The first-order chi connectivity index (χ1) is 13.5. The van der Waals surface area contributed by atoms with Crippen LogP contribution in [0, 0.1) is 0 Å². The first-order valence-corrected chi connectivity index (χ1v) is 12.1. The van der Waals surface area contributed by atoms with Gasteiger partial charge >= 0.3 is 0 Å². The Labute approximate surface area is 174 Å². The van der Waals surface area contributed by atoms with Crippen LogP contribution in [0.3, 0.4) is 0 Å². The van der Waals surface area contributed by atoms with Gasteiger partial charge in [-0.2, -0.15) is 0 Å². The van der Waals surface area contributed by atoms with E-state index < -0.39 is 5.97 Å². The molecule has 0 bridgehead atoms. The van der Waals surface area contributed by atoms with Crippen LogP contribution in [0.4, 0.5) is 0 Å². The van der Waals surface area contributed by atoms with Gasteiger partial charge in [0, 0.05) is 19.3 Å². The molecule has 3 N–H and O–H groups in total. The molecule has 0 saturated carbocycles. The molecule has 0 aromatic carbocycles. The van der Waals surface area contributed by atoms with Gasteiger partial charge in [-0.3, -0.25) is 4.79 Å². The van der Waals surface area contributed by atoms with Gasteiger partial charge in [-0.25, -0.2) is 0 Å². The van der Waals surface area contributed by atoms with E-state index >= 15 is 0 Å². The molecular weight excluding hydrogens is 352 g/mol. The zero-order valence-corrected chi connectivity index (χ0v) is 18.6. The molecule has 0 radical (unpaired) electrons. The summed E-state index contributed by atoms with van der Waals surface area (Å²) in [5.74, 6) is -2.47. The molecule has 0 aromatic rings. The van der Waals surface area contributed by atoms with Crippen molar-refractivity contribution in [3.63, 3.8) is 0 Å². The molecule has 0 rings (SSSR count). The quantitative estimate of drug-likeness (QED) is 0.145. The molecule has 0 atom stereocenters. The van der Waals surface area contributed by atoms with Crippen LogP contribution >= 0.6 is 0 Å². The Kier molecular flexibility index (Phi) is 19.5. The van der Waals surface area contributed by atoms with Crippen LogP contribution in [0.2, 0.25) is 0 Å². The third-order valence-electron chi connectivity index (χ3n) is 5.53. The van der Waals surface area contributed by atoms with E-state index in [4.69, 9.17) is 15.3 Å². The third-order valence-corrected chi connectivity index (χ3v) is 5.53. The summed E-state index contributed by atoms with van der Waals surface area (Å²) in [4.78, 5) is 11.6. The van der Waals surface area contributed by atoms with E-state index in [2.05, 4.69) is 6.92 Å². The van der Waals surface area contributed by atoms with Gasteiger partial charge in [0.15, 0.2) is 0 Å². The lowest BCUT2D eigenvalue weighted by Crippen LogP contribution is -2.26. The van der Waals surface area contributed by atoms with Crippen molar-refractivity contribution in [2.45, 2.75) is 148 Å². The molecule has 0 aromatic heterocycles. The summed E-state index contributed by atoms with van der Waals surface area (Å²) in [5.41, 5.74) is 0. The molecule has 0 amide bonds. The monoisotopic (exact) mass is 400 g/mol. The Morgan fingerprint density at radius 2 is 0.857 bits per heavy atom. The summed E-state index contributed by atoms with van der Waals surface area (Å²) in [6.45, 7) is 2.27. The van der Waals surface area contributed by atoms with Crippen molar-refractivity contribution in [1.82, 2.24) is 0 Å². The molecule has 0 saturated heterocycles. The van der Waals surface area contributed by atoms with Crippen molar-refractivity contribution >= 4 is 5.78 Å². The Morgan fingerprint density at radius 3 is 1.21 bits per heavy atom. The van der Waals surface area contributed by atoms with Gasteiger partial charge in [-0.15, -0.1) is 0 Å².